The van der Waals surface area contributed by atoms with Crippen molar-refractivity contribution < 1.29 is 14.3 Å². The van der Waals surface area contributed by atoms with Crippen LogP contribution in [0.25, 0.3) is 0 Å². The zero-order valence-electron chi connectivity index (χ0n) is 14.2. The van der Waals surface area contributed by atoms with Crippen molar-refractivity contribution in [2.75, 3.05) is 26.8 Å². The first-order valence-corrected chi connectivity index (χ1v) is 8.27. The molecule has 6 heteroatoms. The number of benzene rings is 1. The fraction of sp³-hybridized carbons (Fsp3) is 0.316. The fourth-order valence-electron chi connectivity index (χ4n) is 2.90. The molecule has 1 aliphatic rings. The predicted octanol–water partition coefficient (Wildman–Crippen LogP) is 1.66. The lowest BCUT2D eigenvalue weighted by molar-refractivity contribution is 0.0734. The summed E-state index contributed by atoms with van der Waals surface area (Å²) >= 11 is 0. The van der Waals surface area contributed by atoms with E-state index in [9.17, 15) is 9.59 Å². The molecular weight excluding hydrogens is 318 g/mol. The van der Waals surface area contributed by atoms with Crippen LogP contribution in [0.5, 0.6) is 0 Å². The minimum absolute atomic E-state index is 0.103. The molecule has 0 radical (unpaired) electrons. The number of pyridine rings is 1. The summed E-state index contributed by atoms with van der Waals surface area (Å²) in [7, 11) is 1.57. The molecule has 0 fully saturated rings. The van der Waals surface area contributed by atoms with Crippen LogP contribution >= 0.6 is 0 Å². The van der Waals surface area contributed by atoms with Gasteiger partial charge in [-0.15, -0.1) is 0 Å². The van der Waals surface area contributed by atoms with E-state index in [1.54, 1.807) is 18.1 Å². The summed E-state index contributed by atoms with van der Waals surface area (Å²) < 4.78 is 4.91. The molecule has 0 saturated heterocycles. The number of hydrogen-bond donors (Lipinski definition) is 1. The van der Waals surface area contributed by atoms with Crippen LogP contribution in [0.15, 0.2) is 42.7 Å². The minimum atomic E-state index is -0.261. The van der Waals surface area contributed by atoms with Crippen LogP contribution < -0.4 is 5.32 Å². The van der Waals surface area contributed by atoms with Crippen LogP contribution in [0.4, 0.5) is 0 Å². The van der Waals surface area contributed by atoms with E-state index in [1.807, 2.05) is 18.2 Å². The topological polar surface area (TPSA) is 71.5 Å². The summed E-state index contributed by atoms with van der Waals surface area (Å²) in [5, 5.41) is 2.73. The number of methoxy groups -OCH3 is 1. The highest BCUT2D eigenvalue weighted by Crippen LogP contribution is 2.20. The third kappa shape index (κ3) is 4.03. The van der Waals surface area contributed by atoms with E-state index < -0.39 is 0 Å². The molecule has 0 unspecified atom stereocenters. The van der Waals surface area contributed by atoms with E-state index in [4.69, 9.17) is 4.74 Å². The number of hydrogen-bond acceptors (Lipinski definition) is 4. The molecule has 6 nitrogen and oxygen atoms in total. The zero-order chi connectivity index (χ0) is 17.6. The quantitative estimate of drug-likeness (QED) is 0.841. The molecule has 25 heavy (non-hydrogen) atoms. The van der Waals surface area contributed by atoms with Crippen molar-refractivity contribution in [2.45, 2.75) is 13.0 Å². The van der Waals surface area contributed by atoms with Gasteiger partial charge in [0, 0.05) is 39.1 Å². The summed E-state index contributed by atoms with van der Waals surface area (Å²) in [6.07, 6.45) is 3.81. The van der Waals surface area contributed by atoms with Crippen LogP contribution in [-0.4, -0.2) is 48.5 Å². The molecule has 0 bridgehead atoms. The Morgan fingerprint density at radius 2 is 1.96 bits per heavy atom. The SMILES string of the molecule is COCCNC(=O)c1cncc(C(=O)N2CCc3ccccc3C2)c1. The number of carbonyl (C=O) groups is 2. The molecule has 2 heterocycles. The number of fused-ring (bicyclic) bond motifs is 1. The Bertz CT molecular complexity index is 776. The number of aromatic nitrogens is 1. The Labute approximate surface area is 146 Å². The van der Waals surface area contributed by atoms with Crippen molar-refractivity contribution in [3.05, 3.63) is 65.0 Å². The molecule has 130 valence electrons. The van der Waals surface area contributed by atoms with Gasteiger partial charge in [-0.25, -0.2) is 0 Å². The Hall–Kier alpha value is -2.73. The van der Waals surface area contributed by atoms with Gasteiger partial charge >= 0.3 is 0 Å². The lowest BCUT2D eigenvalue weighted by Crippen LogP contribution is -2.36. The minimum Gasteiger partial charge on any atom is -0.383 e. The van der Waals surface area contributed by atoms with Gasteiger partial charge in [-0.1, -0.05) is 24.3 Å². The van der Waals surface area contributed by atoms with Gasteiger partial charge in [-0.2, -0.15) is 0 Å². The van der Waals surface area contributed by atoms with Crippen molar-refractivity contribution in [1.29, 1.82) is 0 Å². The Morgan fingerprint density at radius 3 is 2.76 bits per heavy atom. The maximum Gasteiger partial charge on any atom is 0.255 e. The summed E-state index contributed by atoms with van der Waals surface area (Å²) in [4.78, 5) is 30.7. The summed E-state index contributed by atoms with van der Waals surface area (Å²) in [5.41, 5.74) is 3.26. The third-order valence-electron chi connectivity index (χ3n) is 4.26. The number of ether oxygens (including phenoxy) is 1. The molecular formula is C19H21N3O3. The molecule has 1 aliphatic heterocycles. The normalized spacial score (nSPS) is 13.2. The second-order valence-corrected chi connectivity index (χ2v) is 5.96. The van der Waals surface area contributed by atoms with Crippen LogP contribution in [0, 0.1) is 0 Å². The zero-order valence-corrected chi connectivity index (χ0v) is 14.2. The van der Waals surface area contributed by atoms with Gasteiger partial charge < -0.3 is 15.0 Å². The van der Waals surface area contributed by atoms with E-state index >= 15 is 0 Å². The van der Waals surface area contributed by atoms with Crippen LogP contribution in [0.2, 0.25) is 0 Å². The number of amides is 2. The Kier molecular flexibility index (Phi) is 5.40. The second-order valence-electron chi connectivity index (χ2n) is 5.96. The molecule has 0 atom stereocenters. The Balaban J connectivity index is 1.71. The maximum atomic E-state index is 12.8. The highest BCUT2D eigenvalue weighted by atomic mass is 16.5. The number of rotatable bonds is 5. The van der Waals surface area contributed by atoms with Gasteiger partial charge in [0.1, 0.15) is 0 Å². The standard InChI is InChI=1S/C19H21N3O3/c1-25-9-7-21-18(23)16-10-17(12-20-11-16)19(24)22-8-6-14-4-2-3-5-15(14)13-22/h2-5,10-12H,6-9,13H2,1H3,(H,21,23). The average molecular weight is 339 g/mol. The molecule has 0 saturated carbocycles. The van der Waals surface area contributed by atoms with Crippen LogP contribution in [-0.2, 0) is 17.7 Å². The lowest BCUT2D eigenvalue weighted by atomic mass is 9.99. The van der Waals surface area contributed by atoms with Crippen molar-refractivity contribution in [1.82, 2.24) is 15.2 Å². The first kappa shape index (κ1) is 17.1. The molecule has 2 amide bonds. The van der Waals surface area contributed by atoms with E-state index in [0.717, 1.165) is 6.42 Å². The Morgan fingerprint density at radius 1 is 1.20 bits per heavy atom. The van der Waals surface area contributed by atoms with Gasteiger partial charge in [0.2, 0.25) is 0 Å². The molecule has 0 spiro atoms. The van der Waals surface area contributed by atoms with Crippen molar-refractivity contribution in [3.63, 3.8) is 0 Å². The van der Waals surface area contributed by atoms with Crippen molar-refractivity contribution in [3.8, 4) is 0 Å². The average Bonchev–Trinajstić information content (AvgIpc) is 2.67. The fourth-order valence-corrected chi connectivity index (χ4v) is 2.90. The molecule has 0 aliphatic carbocycles. The summed E-state index contributed by atoms with van der Waals surface area (Å²) in [5.74, 6) is -0.364. The first-order valence-electron chi connectivity index (χ1n) is 8.27. The van der Waals surface area contributed by atoms with Gasteiger partial charge in [0.25, 0.3) is 11.8 Å². The summed E-state index contributed by atoms with van der Waals surface area (Å²) in [6.45, 7) is 2.10. The smallest absolute Gasteiger partial charge is 0.255 e. The van der Waals surface area contributed by atoms with Gasteiger partial charge in [0.05, 0.1) is 17.7 Å². The second kappa shape index (κ2) is 7.90. The van der Waals surface area contributed by atoms with Crippen molar-refractivity contribution in [2.24, 2.45) is 0 Å². The van der Waals surface area contributed by atoms with E-state index in [2.05, 4.69) is 16.4 Å². The van der Waals surface area contributed by atoms with E-state index in [0.29, 0.717) is 37.4 Å². The molecule has 1 N–H and O–H groups in total. The van der Waals surface area contributed by atoms with Crippen molar-refractivity contribution >= 4 is 11.8 Å². The number of nitrogens with one attached hydrogen (secondary N) is 1. The van der Waals surface area contributed by atoms with Crippen LogP contribution in [0.1, 0.15) is 31.8 Å². The molecule has 1 aromatic heterocycles. The highest BCUT2D eigenvalue weighted by molar-refractivity contribution is 5.99. The molecule has 3 rings (SSSR count). The highest BCUT2D eigenvalue weighted by Gasteiger charge is 2.22. The lowest BCUT2D eigenvalue weighted by Gasteiger charge is -2.28. The summed E-state index contributed by atoms with van der Waals surface area (Å²) in [6, 6.07) is 9.75. The monoisotopic (exact) mass is 339 g/mol. The maximum absolute atomic E-state index is 12.8. The molecule has 1 aromatic carbocycles. The molecule has 2 aromatic rings. The van der Waals surface area contributed by atoms with Gasteiger partial charge in [-0.05, 0) is 23.6 Å². The van der Waals surface area contributed by atoms with Gasteiger partial charge in [0.15, 0.2) is 0 Å². The van der Waals surface area contributed by atoms with Crippen LogP contribution in [0.3, 0.4) is 0 Å². The van der Waals surface area contributed by atoms with E-state index in [1.165, 1.54) is 23.5 Å². The number of carbonyl (C=O) groups excluding carboxylic acids is 2. The first-order chi connectivity index (χ1) is 12.2. The predicted molar refractivity (Wildman–Crippen MR) is 93.3 cm³/mol. The van der Waals surface area contributed by atoms with Gasteiger partial charge in [-0.3, -0.25) is 14.6 Å². The third-order valence-corrected chi connectivity index (χ3v) is 4.26. The van der Waals surface area contributed by atoms with E-state index in [-0.39, 0.29) is 11.8 Å². The number of nitrogens with zero attached hydrogens (tertiary/aromatic N) is 2. The largest absolute Gasteiger partial charge is 0.383 e.